The van der Waals surface area contributed by atoms with Gasteiger partial charge in [0.05, 0.1) is 32.1 Å². The minimum atomic E-state index is -4.67. The Morgan fingerprint density at radius 3 is 1.56 bits per heavy atom. The Kier molecular flexibility index (Phi) is 21.4. The SMILES string of the molecule is COC(=O)NC(C(=O)NC(Cc1ccccc1)C(O)CN(Cc1ccc(-c2ccccn2)cc1)NC(=O)C(NC(=O)OC)C(C)(C)C)C(C)(C)C.O=S(=O)(O)O.O=S(=O)(O)O. The van der Waals surface area contributed by atoms with E-state index in [0.29, 0.717) is 0 Å². The molecule has 1 aromatic heterocycles. The van der Waals surface area contributed by atoms with Gasteiger partial charge in [-0.2, -0.15) is 16.8 Å². The number of rotatable bonds is 14. The predicted molar refractivity (Wildman–Crippen MR) is 222 cm³/mol. The predicted octanol–water partition coefficient (Wildman–Crippen LogP) is 2.91. The molecule has 0 fully saturated rings. The van der Waals surface area contributed by atoms with Gasteiger partial charge >= 0.3 is 33.0 Å². The highest BCUT2D eigenvalue weighted by molar-refractivity contribution is 7.80. The van der Waals surface area contributed by atoms with Crippen LogP contribution in [0.15, 0.2) is 79.0 Å². The van der Waals surface area contributed by atoms with Crippen LogP contribution in [0.4, 0.5) is 9.59 Å². The molecule has 0 aliphatic carbocycles. The monoisotopic (exact) mass is 900 g/mol. The van der Waals surface area contributed by atoms with Gasteiger partial charge in [-0.05, 0) is 40.5 Å². The van der Waals surface area contributed by atoms with Crippen LogP contribution in [0.3, 0.4) is 0 Å². The molecule has 0 radical (unpaired) electrons. The molecule has 23 heteroatoms. The average molecular weight is 901 g/mol. The molecular weight excluding hydrogens is 845 g/mol. The van der Waals surface area contributed by atoms with Crippen LogP contribution in [0.2, 0.25) is 0 Å². The summed E-state index contributed by atoms with van der Waals surface area (Å²) in [5, 5.41) is 21.6. The molecule has 2 aromatic carbocycles. The molecule has 4 unspecified atom stereocenters. The molecule has 1 heterocycles. The smallest absolute Gasteiger partial charge is 0.407 e. The summed E-state index contributed by atoms with van der Waals surface area (Å²) in [6, 6.07) is 19.8. The molecule has 340 valence electrons. The maximum absolute atomic E-state index is 13.8. The van der Waals surface area contributed by atoms with E-state index in [-0.39, 0.29) is 19.5 Å². The van der Waals surface area contributed by atoms with Crippen LogP contribution in [0, 0.1) is 10.8 Å². The maximum atomic E-state index is 13.8. The topological polar surface area (TPSA) is 320 Å². The lowest BCUT2D eigenvalue weighted by molar-refractivity contribution is -0.132. The summed E-state index contributed by atoms with van der Waals surface area (Å²) in [6.07, 6.45) is -0.778. The van der Waals surface area contributed by atoms with E-state index >= 15 is 0 Å². The number of nitrogens with zero attached hydrogens (tertiary/aromatic N) is 2. The molecule has 4 atom stereocenters. The number of ether oxygens (including phenoxy) is 2. The zero-order chi connectivity index (χ0) is 46.8. The van der Waals surface area contributed by atoms with Gasteiger partial charge in [0, 0.05) is 24.8 Å². The third-order valence-corrected chi connectivity index (χ3v) is 8.21. The number of alkyl carbamates (subject to hydrolysis) is 2. The molecule has 21 nitrogen and oxygen atoms in total. The van der Waals surface area contributed by atoms with E-state index in [9.17, 15) is 24.3 Å². The first-order valence-corrected chi connectivity index (χ1v) is 21.0. The molecule has 3 rings (SSSR count). The van der Waals surface area contributed by atoms with Gasteiger partial charge in [0.25, 0.3) is 5.91 Å². The van der Waals surface area contributed by atoms with Gasteiger partial charge < -0.3 is 30.5 Å². The fourth-order valence-corrected chi connectivity index (χ4v) is 5.38. The van der Waals surface area contributed by atoms with Crippen molar-refractivity contribution < 1.29 is 68.8 Å². The van der Waals surface area contributed by atoms with Crippen LogP contribution < -0.4 is 21.4 Å². The minimum absolute atomic E-state index is 0.120. The summed E-state index contributed by atoms with van der Waals surface area (Å²) in [5.74, 6) is -1.03. The number of carbonyl (C=O) groups is 4. The summed E-state index contributed by atoms with van der Waals surface area (Å²) < 4.78 is 72.7. The van der Waals surface area contributed by atoms with Crippen LogP contribution in [-0.2, 0) is 52.8 Å². The Hall–Kier alpha value is -5.27. The largest absolute Gasteiger partial charge is 0.453 e. The van der Waals surface area contributed by atoms with Crippen molar-refractivity contribution in [2.24, 2.45) is 10.8 Å². The standard InChI is InChI=1S/C38H52N6O7.2H2O4S/c1-37(2,3)31(41-35(48)50-7)33(46)40-29(22-25-14-10-9-11-15-25)30(45)24-44(43-34(47)32(38(4,5)6)42-36(49)51-8)23-26-17-19-27(20-18-26)28-16-12-13-21-39-28;2*1-5(2,3)4/h9-21,29-32,45H,22-24H2,1-8H3,(H,40,46)(H,41,48)(H,42,49)(H,43,47);2*(H2,1,2,3,4). The van der Waals surface area contributed by atoms with Crippen molar-refractivity contribution in [1.82, 2.24) is 31.4 Å². The first-order chi connectivity index (χ1) is 28.0. The lowest BCUT2D eigenvalue weighted by atomic mass is 9.85. The van der Waals surface area contributed by atoms with E-state index in [1.165, 1.54) is 14.2 Å². The fourth-order valence-electron chi connectivity index (χ4n) is 5.38. The molecule has 0 saturated carbocycles. The normalized spacial score (nSPS) is 13.6. The Labute approximate surface area is 355 Å². The number of aliphatic hydroxyl groups is 1. The van der Waals surface area contributed by atoms with Crippen molar-refractivity contribution in [3.05, 3.63) is 90.1 Å². The summed E-state index contributed by atoms with van der Waals surface area (Å²) in [7, 11) is -6.90. The van der Waals surface area contributed by atoms with E-state index in [1.54, 1.807) is 32.0 Å². The summed E-state index contributed by atoms with van der Waals surface area (Å²) in [5.41, 5.74) is 4.88. The molecule has 9 N–H and O–H groups in total. The van der Waals surface area contributed by atoms with Gasteiger partial charge in [0.15, 0.2) is 0 Å². The quantitative estimate of drug-likeness (QED) is 0.0830. The number of aliphatic hydroxyl groups excluding tert-OH is 1. The van der Waals surface area contributed by atoms with Crippen LogP contribution >= 0.6 is 0 Å². The zero-order valence-electron chi connectivity index (χ0n) is 35.0. The van der Waals surface area contributed by atoms with Crippen molar-refractivity contribution in [2.75, 3.05) is 20.8 Å². The maximum Gasteiger partial charge on any atom is 0.407 e. The van der Waals surface area contributed by atoms with Gasteiger partial charge in [-0.1, -0.05) is 102 Å². The number of nitrogens with one attached hydrogen (secondary N) is 4. The van der Waals surface area contributed by atoms with Crippen molar-refractivity contribution in [1.29, 1.82) is 0 Å². The van der Waals surface area contributed by atoms with Gasteiger partial charge in [0.1, 0.15) is 12.1 Å². The summed E-state index contributed by atoms with van der Waals surface area (Å²) in [4.78, 5) is 56.3. The summed E-state index contributed by atoms with van der Waals surface area (Å²) in [6.45, 7) is 10.9. The number of hydrogen-bond donors (Lipinski definition) is 9. The van der Waals surface area contributed by atoms with E-state index in [0.717, 1.165) is 22.4 Å². The zero-order valence-corrected chi connectivity index (χ0v) is 36.6. The lowest BCUT2D eigenvalue weighted by Crippen LogP contribution is -2.60. The number of methoxy groups -OCH3 is 2. The number of aromatic nitrogens is 1. The first-order valence-electron chi connectivity index (χ1n) is 18.2. The van der Waals surface area contributed by atoms with Crippen molar-refractivity contribution in [3.8, 4) is 11.3 Å². The molecule has 0 bridgehead atoms. The number of hydrazine groups is 1. The van der Waals surface area contributed by atoms with Crippen molar-refractivity contribution >= 4 is 44.8 Å². The average Bonchev–Trinajstić information content (AvgIpc) is 3.14. The lowest BCUT2D eigenvalue weighted by Gasteiger charge is -2.35. The third-order valence-electron chi connectivity index (χ3n) is 8.21. The molecule has 0 aliphatic rings. The van der Waals surface area contributed by atoms with E-state index < -0.39 is 79.9 Å². The molecular formula is C38H56N6O15S2. The highest BCUT2D eigenvalue weighted by Gasteiger charge is 2.37. The molecule has 61 heavy (non-hydrogen) atoms. The second kappa shape index (κ2) is 24.2. The highest BCUT2D eigenvalue weighted by Crippen LogP contribution is 2.23. The van der Waals surface area contributed by atoms with Crippen molar-refractivity contribution in [2.45, 2.75) is 78.7 Å². The number of amides is 4. The third kappa shape index (κ3) is 23.3. The highest BCUT2D eigenvalue weighted by atomic mass is 32.3. The molecule has 0 aliphatic heterocycles. The van der Waals surface area contributed by atoms with Crippen molar-refractivity contribution in [3.63, 3.8) is 0 Å². The Morgan fingerprint density at radius 1 is 0.672 bits per heavy atom. The van der Waals surface area contributed by atoms with Crippen LogP contribution in [0.25, 0.3) is 11.3 Å². The van der Waals surface area contributed by atoms with E-state index in [4.69, 9.17) is 44.5 Å². The van der Waals surface area contributed by atoms with Crippen LogP contribution in [0.5, 0.6) is 0 Å². The minimum Gasteiger partial charge on any atom is -0.453 e. The van der Waals surface area contributed by atoms with Gasteiger partial charge in [-0.25, -0.2) is 14.6 Å². The first kappa shape index (κ1) is 53.7. The van der Waals surface area contributed by atoms with Crippen LogP contribution in [0.1, 0.15) is 52.7 Å². The number of pyridine rings is 1. The van der Waals surface area contributed by atoms with Crippen LogP contribution in [-0.4, -0.2) is 119 Å². The Balaban J connectivity index is 0.00000166. The van der Waals surface area contributed by atoms with E-state index in [1.807, 2.05) is 93.6 Å². The van der Waals surface area contributed by atoms with Gasteiger partial charge in [-0.3, -0.25) is 38.2 Å². The molecule has 3 aromatic rings. The second-order valence-corrected chi connectivity index (χ2v) is 17.2. The summed E-state index contributed by atoms with van der Waals surface area (Å²) >= 11 is 0. The molecule has 0 saturated heterocycles. The van der Waals surface area contributed by atoms with E-state index in [2.05, 4.69) is 26.4 Å². The molecule has 0 spiro atoms. The Bertz CT molecular complexity index is 2020. The number of hydrogen-bond acceptors (Lipinski definition) is 13. The van der Waals surface area contributed by atoms with Gasteiger partial charge in [0.2, 0.25) is 5.91 Å². The fraction of sp³-hybridized carbons (Fsp3) is 0.447. The number of benzene rings is 2. The molecule has 4 amide bonds. The number of carbonyl (C=O) groups excluding carboxylic acids is 4. The second-order valence-electron chi connectivity index (χ2n) is 15.4. The Morgan fingerprint density at radius 2 is 1.13 bits per heavy atom. The van der Waals surface area contributed by atoms with Gasteiger partial charge in [-0.15, -0.1) is 0 Å².